The van der Waals surface area contributed by atoms with Gasteiger partial charge in [-0.3, -0.25) is 4.68 Å². The van der Waals surface area contributed by atoms with Gasteiger partial charge in [0.2, 0.25) is 0 Å². The number of rotatable bonds is 2. The van der Waals surface area contributed by atoms with Crippen molar-refractivity contribution in [2.24, 2.45) is 18.9 Å². The highest BCUT2D eigenvalue weighted by Gasteiger charge is 2.39. The lowest BCUT2D eigenvalue weighted by molar-refractivity contribution is 0.440. The molecule has 3 rings (SSSR count). The van der Waals surface area contributed by atoms with E-state index in [0.29, 0.717) is 0 Å². The van der Waals surface area contributed by atoms with E-state index in [9.17, 15) is 0 Å². The van der Waals surface area contributed by atoms with Gasteiger partial charge in [0.1, 0.15) is 0 Å². The Morgan fingerprint density at radius 3 is 2.93 bits per heavy atom. The molecule has 3 heteroatoms. The van der Waals surface area contributed by atoms with Gasteiger partial charge in [0.25, 0.3) is 0 Å². The lowest BCUT2D eigenvalue weighted by Crippen LogP contribution is -2.25. The Balaban J connectivity index is 1.68. The van der Waals surface area contributed by atoms with Crippen molar-refractivity contribution in [1.82, 2.24) is 9.78 Å². The molecule has 0 spiro atoms. The Morgan fingerprint density at radius 1 is 1.43 bits per heavy atom. The van der Waals surface area contributed by atoms with Crippen LogP contribution in [0, 0.1) is 11.8 Å². The van der Waals surface area contributed by atoms with E-state index in [0.717, 1.165) is 17.9 Å². The number of aryl methyl sites for hydroxylation is 1. The Kier molecular flexibility index (Phi) is 1.79. The van der Waals surface area contributed by atoms with E-state index in [-0.39, 0.29) is 0 Å². The zero-order valence-corrected chi connectivity index (χ0v) is 8.61. The molecular formula is C11H17N3. The number of fused-ring (bicyclic) bond motifs is 2. The quantitative estimate of drug-likeness (QED) is 0.775. The highest BCUT2D eigenvalue weighted by atomic mass is 15.3. The van der Waals surface area contributed by atoms with Crippen LogP contribution in [-0.4, -0.2) is 15.8 Å². The molecule has 76 valence electrons. The fraction of sp³-hybridized carbons (Fsp3) is 0.727. The molecular weight excluding hydrogens is 174 g/mol. The molecule has 2 aliphatic carbocycles. The summed E-state index contributed by atoms with van der Waals surface area (Å²) >= 11 is 0. The highest BCUT2D eigenvalue weighted by molar-refractivity contribution is 5.40. The number of nitrogens with one attached hydrogen (secondary N) is 1. The molecule has 0 amide bonds. The van der Waals surface area contributed by atoms with E-state index in [4.69, 9.17) is 0 Å². The van der Waals surface area contributed by atoms with Crippen molar-refractivity contribution >= 4 is 5.69 Å². The second kappa shape index (κ2) is 3.01. The number of anilines is 1. The molecule has 3 atom stereocenters. The fourth-order valence-electron chi connectivity index (χ4n) is 3.13. The van der Waals surface area contributed by atoms with Gasteiger partial charge in [-0.2, -0.15) is 5.10 Å². The topological polar surface area (TPSA) is 29.9 Å². The van der Waals surface area contributed by atoms with Crippen LogP contribution in [0.15, 0.2) is 12.4 Å². The lowest BCUT2D eigenvalue weighted by Gasteiger charge is -2.22. The van der Waals surface area contributed by atoms with E-state index in [1.165, 1.54) is 31.4 Å². The summed E-state index contributed by atoms with van der Waals surface area (Å²) in [5.41, 5.74) is 1.19. The van der Waals surface area contributed by atoms with E-state index in [2.05, 4.69) is 16.6 Å². The summed E-state index contributed by atoms with van der Waals surface area (Å²) < 4.78 is 1.86. The van der Waals surface area contributed by atoms with Crippen LogP contribution in [0.3, 0.4) is 0 Å². The standard InChI is InChI=1S/C11H17N3/c1-14-7-10(6-12-14)13-11-5-8-2-3-9(11)4-8/h6-9,11,13H,2-5H2,1H3/t8-,9-,11-/m1/s1. The molecule has 2 saturated carbocycles. The van der Waals surface area contributed by atoms with Crippen molar-refractivity contribution in [3.05, 3.63) is 12.4 Å². The second-order valence-corrected chi connectivity index (χ2v) is 4.83. The zero-order valence-electron chi connectivity index (χ0n) is 8.61. The summed E-state index contributed by atoms with van der Waals surface area (Å²) in [5, 5.41) is 7.78. The molecule has 0 aliphatic heterocycles. The molecule has 2 bridgehead atoms. The minimum absolute atomic E-state index is 0.720. The van der Waals surface area contributed by atoms with Crippen LogP contribution in [0.5, 0.6) is 0 Å². The first-order chi connectivity index (χ1) is 6.81. The number of nitrogens with zero attached hydrogens (tertiary/aromatic N) is 2. The fourth-order valence-corrected chi connectivity index (χ4v) is 3.13. The van der Waals surface area contributed by atoms with Gasteiger partial charge < -0.3 is 5.32 Å². The zero-order chi connectivity index (χ0) is 9.54. The molecule has 1 aromatic heterocycles. The van der Waals surface area contributed by atoms with Crippen LogP contribution in [-0.2, 0) is 7.05 Å². The first-order valence-electron chi connectivity index (χ1n) is 5.56. The van der Waals surface area contributed by atoms with Gasteiger partial charge in [0, 0.05) is 19.3 Å². The third-order valence-electron chi connectivity index (χ3n) is 3.80. The van der Waals surface area contributed by atoms with Crippen LogP contribution < -0.4 is 5.32 Å². The molecule has 2 fully saturated rings. The van der Waals surface area contributed by atoms with E-state index in [1.807, 2.05) is 17.9 Å². The van der Waals surface area contributed by atoms with Gasteiger partial charge in [0.05, 0.1) is 11.9 Å². The second-order valence-electron chi connectivity index (χ2n) is 4.83. The first-order valence-corrected chi connectivity index (χ1v) is 5.56. The minimum atomic E-state index is 0.720. The van der Waals surface area contributed by atoms with Crippen molar-refractivity contribution in [3.8, 4) is 0 Å². The van der Waals surface area contributed by atoms with Crippen LogP contribution in [0.1, 0.15) is 25.7 Å². The Morgan fingerprint density at radius 2 is 2.36 bits per heavy atom. The average molecular weight is 191 g/mol. The largest absolute Gasteiger partial charge is 0.379 e. The van der Waals surface area contributed by atoms with Gasteiger partial charge >= 0.3 is 0 Å². The lowest BCUT2D eigenvalue weighted by atomic mass is 9.95. The van der Waals surface area contributed by atoms with Gasteiger partial charge in [-0.15, -0.1) is 0 Å². The maximum absolute atomic E-state index is 4.17. The maximum atomic E-state index is 4.17. The molecule has 0 unspecified atom stereocenters. The predicted molar refractivity (Wildman–Crippen MR) is 56.1 cm³/mol. The van der Waals surface area contributed by atoms with Gasteiger partial charge in [-0.05, 0) is 31.1 Å². The van der Waals surface area contributed by atoms with Gasteiger partial charge in [-0.1, -0.05) is 6.42 Å². The number of hydrogen-bond donors (Lipinski definition) is 1. The Bertz CT molecular complexity index is 331. The summed E-state index contributed by atoms with van der Waals surface area (Å²) in [4.78, 5) is 0. The van der Waals surface area contributed by atoms with E-state index in [1.54, 1.807) is 0 Å². The number of aromatic nitrogens is 2. The van der Waals surface area contributed by atoms with Crippen molar-refractivity contribution < 1.29 is 0 Å². The van der Waals surface area contributed by atoms with Crippen molar-refractivity contribution in [2.45, 2.75) is 31.7 Å². The van der Waals surface area contributed by atoms with Crippen LogP contribution in [0.2, 0.25) is 0 Å². The summed E-state index contributed by atoms with van der Waals surface area (Å²) in [5.74, 6) is 1.94. The minimum Gasteiger partial charge on any atom is -0.379 e. The Hall–Kier alpha value is -0.990. The molecule has 1 aromatic rings. The van der Waals surface area contributed by atoms with E-state index < -0.39 is 0 Å². The monoisotopic (exact) mass is 191 g/mol. The maximum Gasteiger partial charge on any atom is 0.0728 e. The molecule has 0 saturated heterocycles. The molecule has 3 nitrogen and oxygen atoms in total. The third kappa shape index (κ3) is 1.31. The van der Waals surface area contributed by atoms with Crippen LogP contribution in [0.25, 0.3) is 0 Å². The van der Waals surface area contributed by atoms with E-state index >= 15 is 0 Å². The first kappa shape index (κ1) is 8.33. The van der Waals surface area contributed by atoms with Crippen molar-refractivity contribution in [1.29, 1.82) is 0 Å². The molecule has 2 aliphatic rings. The van der Waals surface area contributed by atoms with Gasteiger partial charge in [-0.25, -0.2) is 0 Å². The smallest absolute Gasteiger partial charge is 0.0728 e. The molecule has 1 heterocycles. The molecule has 1 N–H and O–H groups in total. The molecule has 0 aromatic carbocycles. The summed E-state index contributed by atoms with van der Waals surface area (Å²) in [6, 6.07) is 0.720. The summed E-state index contributed by atoms with van der Waals surface area (Å²) in [6.07, 6.45) is 9.72. The predicted octanol–water partition coefficient (Wildman–Crippen LogP) is 2.02. The van der Waals surface area contributed by atoms with Gasteiger partial charge in [0.15, 0.2) is 0 Å². The van der Waals surface area contributed by atoms with Crippen molar-refractivity contribution in [3.63, 3.8) is 0 Å². The highest BCUT2D eigenvalue weighted by Crippen LogP contribution is 2.45. The molecule has 0 radical (unpaired) electrons. The average Bonchev–Trinajstić information content (AvgIpc) is 2.82. The van der Waals surface area contributed by atoms with Crippen LogP contribution in [0.4, 0.5) is 5.69 Å². The van der Waals surface area contributed by atoms with Crippen molar-refractivity contribution in [2.75, 3.05) is 5.32 Å². The van der Waals surface area contributed by atoms with Crippen LogP contribution >= 0.6 is 0 Å². The molecule has 14 heavy (non-hydrogen) atoms. The SMILES string of the molecule is Cn1cc(N[C@@H]2C[C@@H]3CC[C@@H]2C3)cn1. The normalized spacial score (nSPS) is 35.1. The third-order valence-corrected chi connectivity index (χ3v) is 3.80. The summed E-state index contributed by atoms with van der Waals surface area (Å²) in [7, 11) is 1.96. The summed E-state index contributed by atoms with van der Waals surface area (Å²) in [6.45, 7) is 0. The Labute approximate surface area is 84.5 Å². The number of hydrogen-bond acceptors (Lipinski definition) is 2.